The first-order valence-corrected chi connectivity index (χ1v) is 6.37. The van der Waals surface area contributed by atoms with Crippen LogP contribution in [0.4, 0.5) is 13.2 Å². The molecule has 0 aliphatic carbocycles. The van der Waals surface area contributed by atoms with Crippen molar-refractivity contribution in [1.82, 2.24) is 4.57 Å². The van der Waals surface area contributed by atoms with E-state index >= 15 is 0 Å². The molecule has 2 rings (SSSR count). The quantitative estimate of drug-likeness (QED) is 0.915. The zero-order valence-corrected chi connectivity index (χ0v) is 11.5. The molecular weight excluding hydrogens is 285 g/mol. The fourth-order valence-corrected chi connectivity index (χ4v) is 2.70. The van der Waals surface area contributed by atoms with Crippen LogP contribution in [-0.4, -0.2) is 15.6 Å². The van der Waals surface area contributed by atoms with E-state index in [2.05, 4.69) is 0 Å². The van der Waals surface area contributed by atoms with Crippen molar-refractivity contribution in [3.8, 4) is 0 Å². The first-order chi connectivity index (χ1) is 9.70. The third kappa shape index (κ3) is 2.37. The normalized spacial score (nSPS) is 13.6. The number of para-hydroxylation sites is 1. The number of benzene rings is 1. The van der Waals surface area contributed by atoms with Gasteiger partial charge in [0.05, 0.1) is 11.1 Å². The maximum Gasteiger partial charge on any atom is 0.418 e. The number of hydrogen-bond donors (Lipinski definition) is 2. The molecule has 0 aliphatic heterocycles. The van der Waals surface area contributed by atoms with Crippen LogP contribution < -0.4 is 5.73 Å². The summed E-state index contributed by atoms with van der Waals surface area (Å²) in [4.78, 5) is 11.1. The molecule has 0 fully saturated rings. The van der Waals surface area contributed by atoms with Gasteiger partial charge >= 0.3 is 12.1 Å². The fraction of sp³-hybridized carbons (Fsp3) is 0.357. The van der Waals surface area contributed by atoms with Crippen LogP contribution in [0, 0.1) is 6.92 Å². The van der Waals surface area contributed by atoms with E-state index in [-0.39, 0.29) is 16.5 Å². The highest BCUT2D eigenvalue weighted by atomic mass is 19.4. The number of nitrogens with two attached hydrogens (primary N) is 1. The lowest BCUT2D eigenvalue weighted by molar-refractivity contribution is -0.138. The molecule has 3 N–H and O–H groups in total. The minimum atomic E-state index is -4.51. The molecule has 1 unspecified atom stereocenters. The zero-order valence-electron chi connectivity index (χ0n) is 11.5. The van der Waals surface area contributed by atoms with E-state index in [1.165, 1.54) is 16.7 Å². The van der Waals surface area contributed by atoms with Crippen LogP contribution in [-0.2, 0) is 17.5 Å². The van der Waals surface area contributed by atoms with E-state index in [1.807, 2.05) is 0 Å². The number of fused-ring (bicyclic) bond motifs is 1. The van der Waals surface area contributed by atoms with Gasteiger partial charge in [0.15, 0.2) is 0 Å². The molecule has 1 aromatic carbocycles. The number of aromatic nitrogens is 1. The van der Waals surface area contributed by atoms with Crippen molar-refractivity contribution in [2.45, 2.75) is 32.6 Å². The molecule has 7 heteroatoms. The van der Waals surface area contributed by atoms with Gasteiger partial charge < -0.3 is 15.4 Å². The molecule has 21 heavy (non-hydrogen) atoms. The molecule has 1 aromatic heterocycles. The second-order valence-electron chi connectivity index (χ2n) is 4.76. The van der Waals surface area contributed by atoms with E-state index in [0.717, 1.165) is 6.07 Å². The molecule has 0 saturated heterocycles. The second-order valence-corrected chi connectivity index (χ2v) is 4.76. The van der Waals surface area contributed by atoms with E-state index in [1.54, 1.807) is 13.8 Å². The number of carboxylic acids is 1. The largest absolute Gasteiger partial charge is 0.480 e. The molecule has 4 nitrogen and oxygen atoms in total. The van der Waals surface area contributed by atoms with Gasteiger partial charge in [-0.05, 0) is 19.9 Å². The number of aryl methyl sites for hydroxylation is 1. The molecule has 1 heterocycles. The summed E-state index contributed by atoms with van der Waals surface area (Å²) in [5.74, 6) is -1.27. The molecule has 2 aromatic rings. The van der Waals surface area contributed by atoms with Crippen molar-refractivity contribution >= 4 is 16.9 Å². The van der Waals surface area contributed by atoms with Gasteiger partial charge in [0.2, 0.25) is 0 Å². The maximum atomic E-state index is 13.2. The van der Waals surface area contributed by atoms with Gasteiger partial charge in [0.25, 0.3) is 0 Å². The lowest BCUT2D eigenvalue weighted by Crippen LogP contribution is -2.21. The number of nitrogens with zero attached hydrogens (tertiary/aromatic N) is 1. The summed E-state index contributed by atoms with van der Waals surface area (Å²) in [6, 6.07) is 2.37. The Kier molecular flexibility index (Phi) is 3.71. The summed E-state index contributed by atoms with van der Waals surface area (Å²) in [6.45, 7) is 3.58. The first-order valence-electron chi connectivity index (χ1n) is 6.37. The summed E-state index contributed by atoms with van der Waals surface area (Å²) in [6.07, 6.45) is -4.51. The predicted molar refractivity (Wildman–Crippen MR) is 71.9 cm³/mol. The Morgan fingerprint density at radius 2 is 2.05 bits per heavy atom. The van der Waals surface area contributed by atoms with Gasteiger partial charge in [-0.25, -0.2) is 0 Å². The van der Waals surface area contributed by atoms with Gasteiger partial charge in [-0.15, -0.1) is 0 Å². The Morgan fingerprint density at radius 3 is 2.52 bits per heavy atom. The number of rotatable bonds is 3. The molecule has 0 spiro atoms. The number of alkyl halides is 3. The number of aliphatic carboxylic acids is 1. The number of hydrogen-bond acceptors (Lipinski definition) is 2. The summed E-state index contributed by atoms with van der Waals surface area (Å²) in [5.41, 5.74) is 5.51. The van der Waals surface area contributed by atoms with E-state index < -0.39 is 23.8 Å². The van der Waals surface area contributed by atoms with Gasteiger partial charge in [0, 0.05) is 23.2 Å². The molecule has 0 aliphatic rings. The predicted octanol–water partition coefficient (Wildman–Crippen LogP) is 3.07. The monoisotopic (exact) mass is 300 g/mol. The molecule has 1 atom stereocenters. The minimum Gasteiger partial charge on any atom is -0.480 e. The molecular formula is C14H15F3N2O2. The zero-order chi connectivity index (χ0) is 15.9. The highest BCUT2D eigenvalue weighted by Crippen LogP contribution is 2.39. The van der Waals surface area contributed by atoms with Gasteiger partial charge in [-0.2, -0.15) is 13.2 Å². The Morgan fingerprint density at radius 1 is 1.43 bits per heavy atom. The highest BCUT2D eigenvalue weighted by molar-refractivity contribution is 5.93. The Hall–Kier alpha value is -2.02. The summed E-state index contributed by atoms with van der Waals surface area (Å²) in [7, 11) is 0. The average Bonchev–Trinajstić information content (AvgIpc) is 2.67. The fourth-order valence-electron chi connectivity index (χ4n) is 2.70. The minimum absolute atomic E-state index is 0.0169. The Labute approximate surface area is 119 Å². The van der Waals surface area contributed by atoms with Crippen LogP contribution in [0.5, 0.6) is 0 Å². The standard InChI is InChI=1S/C14H15F3N2O2/c1-3-19-7(2)10(11(18)13(20)21)8-5-4-6-9(12(8)19)14(15,16)17/h4-6,11H,3,18H2,1-2H3,(H,20,21). The smallest absolute Gasteiger partial charge is 0.418 e. The summed E-state index contributed by atoms with van der Waals surface area (Å²) in [5, 5.41) is 9.31. The van der Waals surface area contributed by atoms with Crippen molar-refractivity contribution in [3.05, 3.63) is 35.0 Å². The van der Waals surface area contributed by atoms with E-state index in [0.29, 0.717) is 12.2 Å². The lowest BCUT2D eigenvalue weighted by atomic mass is 10.0. The molecule has 0 bridgehead atoms. The summed E-state index contributed by atoms with van der Waals surface area (Å²) < 4.78 is 41.0. The van der Waals surface area contributed by atoms with Crippen LogP contribution in [0.15, 0.2) is 18.2 Å². The third-order valence-electron chi connectivity index (χ3n) is 3.59. The SMILES string of the molecule is CCn1c(C)c(C(N)C(=O)O)c2cccc(C(F)(F)F)c21. The first kappa shape index (κ1) is 15.4. The van der Waals surface area contributed by atoms with Crippen LogP contribution in [0.2, 0.25) is 0 Å². The van der Waals surface area contributed by atoms with Crippen LogP contribution in [0.1, 0.15) is 29.8 Å². The average molecular weight is 300 g/mol. The van der Waals surface area contributed by atoms with E-state index in [9.17, 15) is 18.0 Å². The van der Waals surface area contributed by atoms with Crippen molar-refractivity contribution < 1.29 is 23.1 Å². The third-order valence-corrected chi connectivity index (χ3v) is 3.59. The van der Waals surface area contributed by atoms with Crippen molar-refractivity contribution in [2.75, 3.05) is 0 Å². The summed E-state index contributed by atoms with van der Waals surface area (Å²) >= 11 is 0. The topological polar surface area (TPSA) is 68.2 Å². The highest BCUT2D eigenvalue weighted by Gasteiger charge is 2.35. The van der Waals surface area contributed by atoms with Crippen molar-refractivity contribution in [3.63, 3.8) is 0 Å². The second kappa shape index (κ2) is 5.07. The van der Waals surface area contributed by atoms with Crippen LogP contribution in [0.3, 0.4) is 0 Å². The number of carbonyl (C=O) groups is 1. The molecule has 0 saturated carbocycles. The molecule has 114 valence electrons. The van der Waals surface area contributed by atoms with Crippen LogP contribution in [0.25, 0.3) is 10.9 Å². The van der Waals surface area contributed by atoms with Gasteiger partial charge in [-0.1, -0.05) is 12.1 Å². The van der Waals surface area contributed by atoms with Crippen molar-refractivity contribution in [1.29, 1.82) is 0 Å². The van der Waals surface area contributed by atoms with Crippen molar-refractivity contribution in [2.24, 2.45) is 5.73 Å². The number of halogens is 3. The van der Waals surface area contributed by atoms with Gasteiger partial charge in [-0.3, -0.25) is 4.79 Å². The molecule has 0 radical (unpaired) electrons. The van der Waals surface area contributed by atoms with Crippen LogP contribution >= 0.6 is 0 Å². The maximum absolute atomic E-state index is 13.2. The lowest BCUT2D eigenvalue weighted by Gasteiger charge is -2.11. The molecule has 0 amide bonds. The Bertz CT molecular complexity index is 704. The van der Waals surface area contributed by atoms with E-state index in [4.69, 9.17) is 10.8 Å². The Balaban J connectivity index is 2.92. The van der Waals surface area contributed by atoms with Gasteiger partial charge in [0.1, 0.15) is 6.04 Å². The number of carboxylic acid groups (broad SMARTS) is 1.